The molecule has 3 atom stereocenters. The van der Waals surface area contributed by atoms with E-state index >= 15 is 0 Å². The number of carbonyl (C=O) groups is 2. The van der Waals surface area contributed by atoms with Crippen LogP contribution in [-0.4, -0.2) is 65.7 Å². The van der Waals surface area contributed by atoms with Crippen LogP contribution in [0.25, 0.3) is 0 Å². The lowest BCUT2D eigenvalue weighted by molar-refractivity contribution is -0.161. The summed E-state index contributed by atoms with van der Waals surface area (Å²) in [6.07, 6.45) is 27.3. The first-order chi connectivity index (χ1) is 22.2. The van der Waals surface area contributed by atoms with Crippen molar-refractivity contribution in [3.8, 4) is 0 Å². The molecule has 0 radical (unpaired) electrons. The summed E-state index contributed by atoms with van der Waals surface area (Å²) in [6.45, 7) is 2.27. The Labute approximate surface area is 278 Å². The van der Waals surface area contributed by atoms with Gasteiger partial charge < -0.3 is 24.6 Å². The third kappa shape index (κ3) is 31.1. The number of esters is 2. The van der Waals surface area contributed by atoms with Crippen LogP contribution < -0.4 is 0 Å². The van der Waals surface area contributed by atoms with Crippen molar-refractivity contribution >= 4 is 19.8 Å². The number of phosphoric ester groups is 1. The van der Waals surface area contributed by atoms with Crippen molar-refractivity contribution in [3.63, 3.8) is 0 Å². The van der Waals surface area contributed by atoms with E-state index < -0.39 is 51.8 Å². The molecule has 3 N–H and O–H groups in total. The summed E-state index contributed by atoms with van der Waals surface area (Å²) in [6, 6.07) is 0. The van der Waals surface area contributed by atoms with Crippen LogP contribution in [0.2, 0.25) is 0 Å². The highest BCUT2D eigenvalue weighted by Crippen LogP contribution is 2.43. The molecule has 0 aliphatic carbocycles. The first-order valence-corrected chi connectivity index (χ1v) is 19.3. The minimum atomic E-state index is -4.60. The smallest absolute Gasteiger partial charge is 0.462 e. The Hall–Kier alpha value is -1.55. The van der Waals surface area contributed by atoms with Crippen molar-refractivity contribution in [2.75, 3.05) is 26.4 Å². The minimum Gasteiger partial charge on any atom is -0.462 e. The molecule has 270 valence electrons. The molecule has 0 aromatic carbocycles. The number of phosphoric acid groups is 1. The lowest BCUT2D eigenvalue weighted by atomic mass is 10.1. The van der Waals surface area contributed by atoms with Crippen molar-refractivity contribution < 1.29 is 47.8 Å². The number of unbranched alkanes of at least 4 members (excludes halogenated alkanes) is 15. The van der Waals surface area contributed by atoms with E-state index in [2.05, 4.69) is 42.7 Å². The highest BCUT2D eigenvalue weighted by molar-refractivity contribution is 7.47. The summed E-state index contributed by atoms with van der Waals surface area (Å²) < 4.78 is 32.4. The number of ether oxygens (including phenoxy) is 2. The highest BCUT2D eigenvalue weighted by Gasteiger charge is 2.27. The Bertz CT molecular complexity index is 832. The number of carbonyl (C=O) groups excluding carboxylic acids is 2. The van der Waals surface area contributed by atoms with Crippen LogP contribution in [0.1, 0.15) is 149 Å². The van der Waals surface area contributed by atoms with Gasteiger partial charge in [0.1, 0.15) is 12.7 Å². The molecule has 0 heterocycles. The van der Waals surface area contributed by atoms with Gasteiger partial charge in [0.15, 0.2) is 6.10 Å². The van der Waals surface area contributed by atoms with E-state index in [1.54, 1.807) is 0 Å². The lowest BCUT2D eigenvalue weighted by Gasteiger charge is -2.20. The van der Waals surface area contributed by atoms with Crippen molar-refractivity contribution in [3.05, 3.63) is 24.3 Å². The van der Waals surface area contributed by atoms with Gasteiger partial charge >= 0.3 is 19.8 Å². The number of aliphatic hydroxyl groups is 2. The second-order valence-corrected chi connectivity index (χ2v) is 13.4. The molecule has 0 saturated heterocycles. The van der Waals surface area contributed by atoms with Gasteiger partial charge in [0.25, 0.3) is 0 Å². The average molecular weight is 677 g/mol. The summed E-state index contributed by atoms with van der Waals surface area (Å²) in [7, 11) is -4.60. The maximum Gasteiger partial charge on any atom is 0.472 e. The summed E-state index contributed by atoms with van der Waals surface area (Å²) in [5, 5.41) is 18.2. The predicted molar refractivity (Wildman–Crippen MR) is 182 cm³/mol. The molecular formula is C35H65O10P. The zero-order valence-corrected chi connectivity index (χ0v) is 29.7. The van der Waals surface area contributed by atoms with Crippen molar-refractivity contribution in [1.29, 1.82) is 0 Å². The third-order valence-electron chi connectivity index (χ3n) is 7.36. The van der Waals surface area contributed by atoms with Gasteiger partial charge in [-0.2, -0.15) is 0 Å². The molecule has 0 aromatic heterocycles. The fourth-order valence-corrected chi connectivity index (χ4v) is 5.34. The van der Waals surface area contributed by atoms with Crippen LogP contribution in [0, 0.1) is 0 Å². The Kier molecular flexibility index (Phi) is 30.9. The number of hydrogen-bond acceptors (Lipinski definition) is 9. The second kappa shape index (κ2) is 32.0. The summed E-state index contributed by atoms with van der Waals surface area (Å²) in [5.41, 5.74) is 0. The van der Waals surface area contributed by atoms with Gasteiger partial charge in [0.05, 0.1) is 19.8 Å². The van der Waals surface area contributed by atoms with Gasteiger partial charge in [0.2, 0.25) is 0 Å². The number of allylic oxidation sites excluding steroid dienone is 4. The summed E-state index contributed by atoms with van der Waals surface area (Å²) >= 11 is 0. The maximum atomic E-state index is 12.5. The molecule has 0 amide bonds. The quantitative estimate of drug-likeness (QED) is 0.0268. The molecule has 0 rings (SSSR count). The molecule has 3 unspecified atom stereocenters. The Balaban J connectivity index is 4.41. The number of aliphatic hydroxyl groups excluding tert-OH is 2. The molecule has 0 spiro atoms. The summed E-state index contributed by atoms with van der Waals surface area (Å²) in [5.74, 6) is -0.946. The second-order valence-electron chi connectivity index (χ2n) is 11.9. The van der Waals surface area contributed by atoms with Crippen LogP contribution in [0.3, 0.4) is 0 Å². The standard InChI is InChI=1S/C35H65O10P/c1-3-5-7-9-11-13-14-15-16-17-18-19-21-23-25-27-35(39)45-33(31-44-46(40,41)43-29-32(37)28-36)30-42-34(38)26-24-22-20-12-10-8-6-4-2/h11,13,15-16,32-33,36-37H,3-10,12,14,17-31H2,1-2H3,(H,40,41)/b13-11-,16-15-. The van der Waals surface area contributed by atoms with Crippen molar-refractivity contribution in [2.45, 2.75) is 161 Å². The Morgan fingerprint density at radius 3 is 1.72 bits per heavy atom. The van der Waals surface area contributed by atoms with E-state index in [0.29, 0.717) is 12.8 Å². The molecule has 46 heavy (non-hydrogen) atoms. The van der Waals surface area contributed by atoms with Gasteiger partial charge in [-0.05, 0) is 44.9 Å². The zero-order chi connectivity index (χ0) is 34.1. The SMILES string of the molecule is CCCCC/C=C\C/C=C\CCCCCCCC(=O)OC(COC(=O)CCCCCCCCCC)COP(=O)(O)OCC(O)CO. The first-order valence-electron chi connectivity index (χ1n) is 17.8. The first kappa shape index (κ1) is 44.5. The molecule has 0 fully saturated rings. The molecule has 0 aliphatic rings. The number of hydrogen-bond donors (Lipinski definition) is 3. The minimum absolute atomic E-state index is 0.170. The van der Waals surface area contributed by atoms with Gasteiger partial charge in [-0.25, -0.2) is 4.57 Å². The molecule has 0 aliphatic heterocycles. The maximum absolute atomic E-state index is 12.5. The zero-order valence-electron chi connectivity index (χ0n) is 28.8. The van der Waals surface area contributed by atoms with E-state index in [4.69, 9.17) is 19.1 Å². The van der Waals surface area contributed by atoms with Crippen LogP contribution in [-0.2, 0) is 32.7 Å². The Morgan fingerprint density at radius 1 is 0.652 bits per heavy atom. The van der Waals surface area contributed by atoms with E-state index in [0.717, 1.165) is 64.2 Å². The van der Waals surface area contributed by atoms with Crippen LogP contribution in [0.5, 0.6) is 0 Å². The van der Waals surface area contributed by atoms with Crippen molar-refractivity contribution in [2.24, 2.45) is 0 Å². The third-order valence-corrected chi connectivity index (χ3v) is 8.31. The monoisotopic (exact) mass is 676 g/mol. The van der Waals surface area contributed by atoms with Crippen molar-refractivity contribution in [1.82, 2.24) is 0 Å². The van der Waals surface area contributed by atoms with E-state index in [1.807, 2.05) is 0 Å². The lowest BCUT2D eigenvalue weighted by Crippen LogP contribution is -2.29. The molecule has 10 nitrogen and oxygen atoms in total. The van der Waals surface area contributed by atoms with Gasteiger partial charge in [-0.3, -0.25) is 18.6 Å². The fourth-order valence-electron chi connectivity index (χ4n) is 4.55. The Morgan fingerprint density at radius 2 is 1.13 bits per heavy atom. The topological polar surface area (TPSA) is 149 Å². The molecule has 0 aromatic rings. The number of rotatable bonds is 33. The largest absolute Gasteiger partial charge is 0.472 e. The van der Waals surface area contributed by atoms with E-state index in [-0.39, 0.29) is 19.4 Å². The average Bonchev–Trinajstić information content (AvgIpc) is 3.04. The molecule has 11 heteroatoms. The predicted octanol–water partition coefficient (Wildman–Crippen LogP) is 8.27. The van der Waals surface area contributed by atoms with Crippen LogP contribution in [0.4, 0.5) is 0 Å². The molecular weight excluding hydrogens is 611 g/mol. The fraction of sp³-hybridized carbons (Fsp3) is 0.829. The summed E-state index contributed by atoms with van der Waals surface area (Å²) in [4.78, 5) is 34.6. The van der Waals surface area contributed by atoms with Gasteiger partial charge in [-0.1, -0.05) is 115 Å². The van der Waals surface area contributed by atoms with E-state index in [1.165, 1.54) is 44.9 Å². The van der Waals surface area contributed by atoms with Gasteiger partial charge in [0, 0.05) is 12.8 Å². The molecule has 0 bridgehead atoms. The normalized spacial score (nSPS) is 14.5. The van der Waals surface area contributed by atoms with Crippen LogP contribution in [0.15, 0.2) is 24.3 Å². The van der Waals surface area contributed by atoms with Crippen LogP contribution >= 0.6 is 7.82 Å². The molecule has 0 saturated carbocycles. The highest BCUT2D eigenvalue weighted by atomic mass is 31.2. The van der Waals surface area contributed by atoms with Gasteiger partial charge in [-0.15, -0.1) is 0 Å². The van der Waals surface area contributed by atoms with E-state index in [9.17, 15) is 24.2 Å².